The number of nitrogens with zero attached hydrogens (tertiary/aromatic N) is 3. The first-order chi connectivity index (χ1) is 12.1. The van der Waals surface area contributed by atoms with E-state index in [1.165, 1.54) is 4.90 Å². The van der Waals surface area contributed by atoms with Gasteiger partial charge in [0.2, 0.25) is 11.7 Å². The molecule has 158 valence electrons. The van der Waals surface area contributed by atoms with Crippen LogP contribution < -0.4 is 4.90 Å². The van der Waals surface area contributed by atoms with Crippen molar-refractivity contribution in [3.8, 4) is 0 Å². The first-order valence-electron chi connectivity index (χ1n) is 8.29. The maximum atomic E-state index is 13.2. The number of hydrogen-bond donors (Lipinski definition) is 1. The molecule has 1 N–H and O–H groups in total. The van der Waals surface area contributed by atoms with Gasteiger partial charge in [-0.1, -0.05) is 21.8 Å². The summed E-state index contributed by atoms with van der Waals surface area (Å²) in [7, 11) is -10.7. The summed E-state index contributed by atoms with van der Waals surface area (Å²) in [4.78, 5) is 14.7. The van der Waals surface area contributed by atoms with E-state index in [0.717, 1.165) is 56.7 Å². The average molecular weight is 447 g/mol. The number of alkyl halides is 2. The number of hydrogen-bond acceptors (Lipinski definition) is 3. The van der Waals surface area contributed by atoms with Crippen molar-refractivity contribution < 1.29 is 39.3 Å². The van der Waals surface area contributed by atoms with Crippen molar-refractivity contribution in [3.05, 3.63) is 0 Å². The van der Waals surface area contributed by atoms with Crippen LogP contribution in [0.25, 0.3) is 0 Å². The van der Waals surface area contributed by atoms with E-state index in [4.69, 9.17) is 11.6 Å². The number of amides is 1. The zero-order chi connectivity index (χ0) is 20.5. The van der Waals surface area contributed by atoms with Gasteiger partial charge in [-0.3, -0.25) is 4.79 Å². The predicted molar refractivity (Wildman–Crippen MR) is 88.2 cm³/mol. The fourth-order valence-electron chi connectivity index (χ4n) is 3.32. The number of carbonyl (C=O) groups is 1. The summed E-state index contributed by atoms with van der Waals surface area (Å²) in [5.74, 6) is 1.31. The van der Waals surface area contributed by atoms with Crippen molar-refractivity contribution in [2.24, 2.45) is 10.2 Å². The van der Waals surface area contributed by atoms with E-state index in [2.05, 4.69) is 10.2 Å². The van der Waals surface area contributed by atoms with E-state index in [-0.39, 0.29) is 6.04 Å². The third kappa shape index (κ3) is 7.50. The maximum Gasteiger partial charge on any atom is 0.273 e. The summed E-state index contributed by atoms with van der Waals surface area (Å²) in [5, 5.41) is 8.56. The van der Waals surface area contributed by atoms with Crippen LogP contribution in [0, 0.1) is 0 Å². The number of quaternary nitrogens is 1. The average Bonchev–Trinajstić information content (AvgIpc) is 2.95. The van der Waals surface area contributed by atoms with Crippen LogP contribution >= 0.6 is 19.4 Å². The molecule has 27 heavy (non-hydrogen) atoms. The van der Waals surface area contributed by atoms with Crippen LogP contribution in [0.3, 0.4) is 0 Å². The zero-order valence-electron chi connectivity index (χ0n) is 14.0. The largest absolute Gasteiger partial charge is 0.325 e. The molecule has 3 heterocycles. The van der Waals surface area contributed by atoms with Crippen molar-refractivity contribution in [1.29, 1.82) is 0 Å². The Hall–Kier alpha value is -1.00. The van der Waals surface area contributed by atoms with Gasteiger partial charge >= 0.3 is 33.0 Å². The summed E-state index contributed by atoms with van der Waals surface area (Å²) in [5.41, 5.74) is -1.96. The molecular formula is C13H19ClF7N4OP. The van der Waals surface area contributed by atoms with Gasteiger partial charge < -0.3 is 4.90 Å². The molecule has 14 heteroatoms. The minimum Gasteiger partial charge on any atom is -0.325 e. The van der Waals surface area contributed by atoms with Crippen molar-refractivity contribution in [2.75, 3.05) is 13.1 Å². The molecule has 0 spiro atoms. The maximum absolute atomic E-state index is 13.2. The molecule has 3 atom stereocenters. The molecule has 5 nitrogen and oxygen atoms in total. The van der Waals surface area contributed by atoms with Gasteiger partial charge in [-0.25, -0.2) is 9.29 Å². The molecule has 0 bridgehead atoms. The number of rotatable bonds is 2. The first-order valence-corrected chi connectivity index (χ1v) is 10.8. The van der Waals surface area contributed by atoms with Gasteiger partial charge in [0.1, 0.15) is 6.04 Å². The zero-order valence-corrected chi connectivity index (χ0v) is 15.7. The number of nitrogens with one attached hydrogen (secondary N) is 1. The van der Waals surface area contributed by atoms with Gasteiger partial charge in [-0.15, -0.1) is 0 Å². The fourth-order valence-corrected chi connectivity index (χ4v) is 3.45. The normalized spacial score (nSPS) is 29.3. The van der Waals surface area contributed by atoms with Crippen molar-refractivity contribution in [1.82, 2.24) is 4.90 Å². The Kier molecular flexibility index (Phi) is 5.87. The van der Waals surface area contributed by atoms with Gasteiger partial charge in [0.05, 0.1) is 6.54 Å². The predicted octanol–water partition coefficient (Wildman–Crippen LogP) is 4.08. The molecule has 2 fully saturated rings. The summed E-state index contributed by atoms with van der Waals surface area (Å²) < 4.78 is 72.4. The SMILES string of the molecule is F[P-](F)(F)(F)(F)F.O=C(C(F)Cl)N1CCCCC1C1=NN=C2CCCC[NH+]21. The molecule has 0 aromatic rings. The van der Waals surface area contributed by atoms with Crippen LogP contribution in [0.15, 0.2) is 10.2 Å². The standard InChI is InChI=1S/C13H18ClFN4O.F6P/c14-11(15)13(20)18-7-3-1-5-9(18)12-17-16-10-6-2-4-8-19(10)12;1-7(2,3,4,5)6/h9,11H,1-8H2;/q;-1/p+1. The Morgan fingerprint density at radius 1 is 1.11 bits per heavy atom. The number of piperidine rings is 2. The van der Waals surface area contributed by atoms with Gasteiger partial charge in [0.15, 0.2) is 0 Å². The first kappa shape index (κ1) is 22.3. The van der Waals surface area contributed by atoms with E-state index >= 15 is 0 Å². The molecule has 1 amide bonds. The molecule has 0 aromatic heterocycles. The molecule has 0 aliphatic carbocycles. The summed E-state index contributed by atoms with van der Waals surface area (Å²) >= 11 is 5.34. The fraction of sp³-hybridized carbons (Fsp3) is 0.769. The van der Waals surface area contributed by atoms with Crippen molar-refractivity contribution >= 4 is 37.0 Å². The third-order valence-electron chi connectivity index (χ3n) is 4.31. The smallest absolute Gasteiger partial charge is 0.273 e. The molecule has 0 aromatic carbocycles. The molecule has 0 saturated carbocycles. The van der Waals surface area contributed by atoms with Crippen LogP contribution in [-0.4, -0.2) is 47.2 Å². The molecule has 3 rings (SSSR count). The molecule has 3 aliphatic rings. The van der Waals surface area contributed by atoms with Gasteiger partial charge in [-0.2, -0.15) is 0 Å². The van der Waals surface area contributed by atoms with Crippen LogP contribution in [0.4, 0.5) is 29.6 Å². The number of halogens is 8. The van der Waals surface area contributed by atoms with Crippen molar-refractivity contribution in [3.63, 3.8) is 0 Å². The van der Waals surface area contributed by atoms with E-state index in [0.29, 0.717) is 6.54 Å². The monoisotopic (exact) mass is 446 g/mol. The van der Waals surface area contributed by atoms with E-state index in [1.54, 1.807) is 4.90 Å². The Labute approximate surface area is 155 Å². The second-order valence-corrected chi connectivity index (χ2v) is 8.82. The minimum atomic E-state index is -10.7. The van der Waals surface area contributed by atoms with E-state index in [1.807, 2.05) is 0 Å². The molecular weight excluding hydrogens is 428 g/mol. The molecule has 2 saturated heterocycles. The Morgan fingerprint density at radius 2 is 1.74 bits per heavy atom. The number of amidine groups is 2. The molecule has 3 aliphatic heterocycles. The number of likely N-dealkylation sites (tertiary alicyclic amines) is 1. The Bertz CT molecular complexity index is 641. The van der Waals surface area contributed by atoms with E-state index in [9.17, 15) is 34.4 Å². The summed E-state index contributed by atoms with van der Waals surface area (Å²) in [6.07, 6.45) is 5.98. The number of carbonyl (C=O) groups excluding carboxylic acids is 1. The van der Waals surface area contributed by atoms with Crippen LogP contribution in [-0.2, 0) is 4.79 Å². The second kappa shape index (κ2) is 7.11. The topological polar surface area (TPSA) is 49.5 Å². The van der Waals surface area contributed by atoms with Gasteiger partial charge in [0, 0.05) is 13.0 Å². The number of fused-ring (bicyclic) bond motifs is 1. The van der Waals surface area contributed by atoms with Crippen LogP contribution in [0.2, 0.25) is 0 Å². The van der Waals surface area contributed by atoms with E-state index < -0.39 is 19.3 Å². The third-order valence-corrected chi connectivity index (χ3v) is 4.50. The minimum absolute atomic E-state index is 0.150. The van der Waals surface area contributed by atoms with Crippen LogP contribution in [0.1, 0.15) is 38.5 Å². The second-order valence-electron chi connectivity index (χ2n) is 6.52. The molecule has 3 unspecified atom stereocenters. The van der Waals surface area contributed by atoms with Gasteiger partial charge in [-0.05, 0) is 32.1 Å². The van der Waals surface area contributed by atoms with Crippen molar-refractivity contribution in [2.45, 2.75) is 50.2 Å². The van der Waals surface area contributed by atoms with Gasteiger partial charge in [0.25, 0.3) is 11.5 Å². The summed E-state index contributed by atoms with van der Waals surface area (Å²) in [6, 6.07) is -0.150. The van der Waals surface area contributed by atoms with Crippen LogP contribution in [0.5, 0.6) is 0 Å². The Balaban J connectivity index is 0.000000321. The summed E-state index contributed by atoms with van der Waals surface area (Å²) in [6.45, 7) is 1.52. The quantitative estimate of drug-likeness (QED) is 0.388. The Morgan fingerprint density at radius 3 is 2.33 bits per heavy atom. The molecule has 0 radical (unpaired) electrons.